The van der Waals surface area contributed by atoms with Crippen molar-refractivity contribution in [3.63, 3.8) is 0 Å². The molecule has 7 N–H and O–H groups in total. The lowest BCUT2D eigenvalue weighted by atomic mass is 9.98. The molecule has 2 aromatic rings. The fraction of sp³-hybridized carbons (Fsp3) is 0.471. The second-order valence-electron chi connectivity index (χ2n) is 6.45. The van der Waals surface area contributed by atoms with Gasteiger partial charge in [-0.25, -0.2) is 0 Å². The summed E-state index contributed by atoms with van der Waals surface area (Å²) in [5.41, 5.74) is 6.93. The smallest absolute Gasteiger partial charge is 0.320 e. The number of hydrogen-bond donors (Lipinski definition) is 6. The van der Waals surface area contributed by atoms with Crippen molar-refractivity contribution in [3.05, 3.63) is 36.0 Å². The normalized spacial score (nSPS) is 30.4. The Hall–Kier alpha value is -2.01. The van der Waals surface area contributed by atoms with Crippen LogP contribution in [0.1, 0.15) is 11.8 Å². The zero-order chi connectivity index (χ0) is 19.0. The first-order valence-corrected chi connectivity index (χ1v) is 8.22. The molecule has 9 heteroatoms. The third-order valence-electron chi connectivity index (χ3n) is 4.72. The number of para-hydroxylation sites is 1. The molecule has 26 heavy (non-hydrogen) atoms. The molecule has 1 aliphatic heterocycles. The molecule has 1 aromatic heterocycles. The van der Waals surface area contributed by atoms with E-state index in [9.17, 15) is 25.2 Å². The van der Waals surface area contributed by atoms with E-state index in [-0.39, 0.29) is 6.42 Å². The van der Waals surface area contributed by atoms with Gasteiger partial charge in [-0.2, -0.15) is 0 Å². The zero-order valence-electron chi connectivity index (χ0n) is 13.8. The third kappa shape index (κ3) is 3.20. The van der Waals surface area contributed by atoms with Crippen molar-refractivity contribution in [2.75, 3.05) is 6.61 Å². The first-order valence-electron chi connectivity index (χ1n) is 8.22. The lowest BCUT2D eigenvalue weighted by Crippen LogP contribution is -2.56. The number of carboxylic acids is 1. The van der Waals surface area contributed by atoms with Gasteiger partial charge < -0.3 is 40.6 Å². The number of rotatable bonds is 5. The molecule has 1 saturated heterocycles. The molecule has 9 nitrogen and oxygen atoms in total. The maximum atomic E-state index is 11.1. The van der Waals surface area contributed by atoms with Gasteiger partial charge in [-0.05, 0) is 11.6 Å². The molecule has 1 aliphatic rings. The number of carbonyl (C=O) groups is 1. The molecule has 2 heterocycles. The van der Waals surface area contributed by atoms with E-state index >= 15 is 0 Å². The van der Waals surface area contributed by atoms with Gasteiger partial charge in [0, 0.05) is 18.0 Å². The number of nitrogens with two attached hydrogens (primary N) is 1. The quantitative estimate of drug-likeness (QED) is 0.376. The van der Waals surface area contributed by atoms with Gasteiger partial charge in [-0.15, -0.1) is 0 Å². The predicted molar refractivity (Wildman–Crippen MR) is 90.3 cm³/mol. The van der Waals surface area contributed by atoms with E-state index in [2.05, 4.69) is 0 Å². The molecule has 0 saturated carbocycles. The Labute approximate surface area is 148 Å². The van der Waals surface area contributed by atoms with Crippen molar-refractivity contribution in [2.24, 2.45) is 5.73 Å². The lowest BCUT2D eigenvalue weighted by Gasteiger charge is -2.40. The van der Waals surface area contributed by atoms with Crippen molar-refractivity contribution in [1.29, 1.82) is 0 Å². The van der Waals surface area contributed by atoms with E-state index in [4.69, 9.17) is 15.6 Å². The number of carboxylic acid groups (broad SMARTS) is 1. The molecular weight excluding hydrogens is 344 g/mol. The van der Waals surface area contributed by atoms with Crippen LogP contribution in [0.3, 0.4) is 0 Å². The highest BCUT2D eigenvalue weighted by atomic mass is 16.6. The number of fused-ring (bicyclic) bond motifs is 1. The molecule has 0 bridgehead atoms. The summed E-state index contributed by atoms with van der Waals surface area (Å²) in [4.78, 5) is 11.1. The molecule has 6 atom stereocenters. The van der Waals surface area contributed by atoms with Crippen molar-refractivity contribution in [2.45, 2.75) is 43.1 Å². The second-order valence-corrected chi connectivity index (χ2v) is 6.45. The number of aliphatic hydroxyl groups excluding tert-OH is 4. The average molecular weight is 366 g/mol. The Morgan fingerprint density at radius 1 is 1.19 bits per heavy atom. The minimum Gasteiger partial charge on any atom is -0.480 e. The maximum absolute atomic E-state index is 11.1. The summed E-state index contributed by atoms with van der Waals surface area (Å²) in [6.45, 7) is -0.530. The van der Waals surface area contributed by atoms with Crippen LogP contribution < -0.4 is 5.73 Å². The highest BCUT2D eigenvalue weighted by molar-refractivity contribution is 5.85. The number of ether oxygens (including phenoxy) is 1. The van der Waals surface area contributed by atoms with Crippen molar-refractivity contribution in [1.82, 2.24) is 4.57 Å². The molecule has 0 amide bonds. The molecule has 0 radical (unpaired) electrons. The summed E-state index contributed by atoms with van der Waals surface area (Å²) in [5, 5.41) is 49.5. The summed E-state index contributed by atoms with van der Waals surface area (Å²) in [6.07, 6.45) is -4.82. The Morgan fingerprint density at radius 2 is 1.88 bits per heavy atom. The number of aliphatic carboxylic acids is 1. The van der Waals surface area contributed by atoms with Gasteiger partial charge in [0.1, 0.15) is 30.5 Å². The van der Waals surface area contributed by atoms with Crippen LogP contribution >= 0.6 is 0 Å². The van der Waals surface area contributed by atoms with Crippen LogP contribution in [0.4, 0.5) is 0 Å². The SMILES string of the molecule is N[C@@H](Cc1cn([C@@H]2O[C@H](CO)[C@@H](O)[C@H](O)[C@H]2O)c2ccccc12)C(=O)O. The summed E-state index contributed by atoms with van der Waals surface area (Å²) in [7, 11) is 0. The molecule has 1 fully saturated rings. The Bertz CT molecular complexity index is 791. The van der Waals surface area contributed by atoms with E-state index in [1.807, 2.05) is 0 Å². The number of aromatic nitrogens is 1. The first-order chi connectivity index (χ1) is 12.3. The van der Waals surface area contributed by atoms with Crippen LogP contribution in [0.2, 0.25) is 0 Å². The summed E-state index contributed by atoms with van der Waals surface area (Å²) in [6, 6.07) is 6.01. The van der Waals surface area contributed by atoms with Gasteiger partial charge in [-0.1, -0.05) is 18.2 Å². The molecule has 3 rings (SSSR count). The maximum Gasteiger partial charge on any atom is 0.320 e. The first kappa shape index (κ1) is 18.8. The Morgan fingerprint density at radius 3 is 2.54 bits per heavy atom. The van der Waals surface area contributed by atoms with Gasteiger partial charge >= 0.3 is 5.97 Å². The van der Waals surface area contributed by atoms with Gasteiger partial charge in [0.25, 0.3) is 0 Å². The van der Waals surface area contributed by atoms with E-state index < -0.39 is 49.3 Å². The molecular formula is C17H22N2O7. The predicted octanol–water partition coefficient (Wildman–Crippen LogP) is -1.43. The average Bonchev–Trinajstić information content (AvgIpc) is 2.98. The number of aliphatic hydroxyl groups is 4. The van der Waals surface area contributed by atoms with Crippen LogP contribution in [-0.4, -0.2) is 73.1 Å². The highest BCUT2D eigenvalue weighted by Gasteiger charge is 2.44. The fourth-order valence-corrected chi connectivity index (χ4v) is 3.29. The van der Waals surface area contributed by atoms with Gasteiger partial charge in [0.05, 0.1) is 12.1 Å². The number of hydrogen-bond acceptors (Lipinski definition) is 7. The summed E-state index contributed by atoms with van der Waals surface area (Å²) >= 11 is 0. The van der Waals surface area contributed by atoms with E-state index in [1.54, 1.807) is 35.0 Å². The van der Waals surface area contributed by atoms with Gasteiger partial charge in [0.2, 0.25) is 0 Å². The van der Waals surface area contributed by atoms with Crippen LogP contribution in [0.15, 0.2) is 30.5 Å². The third-order valence-corrected chi connectivity index (χ3v) is 4.72. The van der Waals surface area contributed by atoms with Crippen molar-refractivity contribution in [3.8, 4) is 0 Å². The Kier molecular flexibility index (Phi) is 5.28. The van der Waals surface area contributed by atoms with Crippen LogP contribution in [0, 0.1) is 0 Å². The lowest BCUT2D eigenvalue weighted by molar-refractivity contribution is -0.250. The van der Waals surface area contributed by atoms with Crippen molar-refractivity contribution < 1.29 is 35.1 Å². The van der Waals surface area contributed by atoms with E-state index in [0.717, 1.165) is 5.39 Å². The molecule has 142 valence electrons. The highest BCUT2D eigenvalue weighted by Crippen LogP contribution is 2.33. The molecule has 0 aliphatic carbocycles. The van der Waals surface area contributed by atoms with Gasteiger partial charge in [0.15, 0.2) is 6.23 Å². The van der Waals surface area contributed by atoms with Crippen LogP contribution in [-0.2, 0) is 16.0 Å². The fourth-order valence-electron chi connectivity index (χ4n) is 3.29. The molecule has 0 unspecified atom stereocenters. The molecule has 1 aromatic carbocycles. The number of benzene rings is 1. The molecule has 0 spiro atoms. The monoisotopic (exact) mass is 366 g/mol. The Balaban J connectivity index is 2.03. The second kappa shape index (κ2) is 7.31. The number of nitrogens with zero attached hydrogens (tertiary/aromatic N) is 1. The van der Waals surface area contributed by atoms with E-state index in [0.29, 0.717) is 11.1 Å². The van der Waals surface area contributed by atoms with E-state index in [1.165, 1.54) is 0 Å². The largest absolute Gasteiger partial charge is 0.480 e. The topological polar surface area (TPSA) is 158 Å². The summed E-state index contributed by atoms with van der Waals surface area (Å²) in [5.74, 6) is -1.13. The van der Waals surface area contributed by atoms with Crippen LogP contribution in [0.5, 0.6) is 0 Å². The van der Waals surface area contributed by atoms with Gasteiger partial charge in [-0.3, -0.25) is 4.79 Å². The van der Waals surface area contributed by atoms with Crippen molar-refractivity contribution >= 4 is 16.9 Å². The zero-order valence-corrected chi connectivity index (χ0v) is 13.8. The van der Waals surface area contributed by atoms with Crippen LogP contribution in [0.25, 0.3) is 10.9 Å². The minimum atomic E-state index is -1.50. The summed E-state index contributed by atoms with van der Waals surface area (Å²) < 4.78 is 7.15. The standard InChI is InChI=1S/C17H22N2O7/c18-10(17(24)25)5-8-6-19(11-4-2-1-3-9(8)11)16-15(23)14(22)13(21)12(7-20)26-16/h1-4,6,10,12-16,20-23H,5,7,18H2,(H,24,25)/t10-,12+,13+,14-,15+,16+/m0/s1. The minimum absolute atomic E-state index is 0.0697.